The Hall–Kier alpha value is -2.17. The number of hydrogen-bond acceptors (Lipinski definition) is 4. The molecule has 106 valence electrons. The largest absolute Gasteiger partial charge is 0.481 e. The normalized spacial score (nSPS) is 12.2. The van der Waals surface area contributed by atoms with Gasteiger partial charge in [0.25, 0.3) is 0 Å². The predicted molar refractivity (Wildman–Crippen MR) is 73.3 cm³/mol. The number of nitrogens with zero attached hydrogens (tertiary/aromatic N) is 2. The minimum Gasteiger partial charge on any atom is -0.481 e. The van der Waals surface area contributed by atoms with Crippen molar-refractivity contribution in [1.29, 1.82) is 0 Å². The lowest BCUT2D eigenvalue weighted by Crippen LogP contribution is -2.07. The average molecular weight is 274 g/mol. The van der Waals surface area contributed by atoms with Gasteiger partial charge in [-0.15, -0.1) is 10.2 Å². The highest BCUT2D eigenvalue weighted by molar-refractivity contribution is 5.66. The van der Waals surface area contributed by atoms with Gasteiger partial charge in [-0.05, 0) is 17.9 Å². The monoisotopic (exact) mass is 274 g/mol. The summed E-state index contributed by atoms with van der Waals surface area (Å²) in [6.45, 7) is 1.86. The number of aryl methyl sites for hydroxylation is 2. The van der Waals surface area contributed by atoms with Crippen molar-refractivity contribution in [3.05, 3.63) is 47.7 Å². The fraction of sp³-hybridized carbons (Fsp3) is 0.400. The highest BCUT2D eigenvalue weighted by Crippen LogP contribution is 2.12. The smallest absolute Gasteiger partial charge is 0.303 e. The molecule has 1 aromatic carbocycles. The Morgan fingerprint density at radius 2 is 1.90 bits per heavy atom. The fourth-order valence-electron chi connectivity index (χ4n) is 2.04. The van der Waals surface area contributed by atoms with E-state index in [0.29, 0.717) is 24.6 Å². The standard InChI is InChI=1S/C15H18N2O3/c1-11(10-15(18)19)9-14-17-16-13(20-14)8-7-12-5-3-2-4-6-12/h2-6,11H,7-10H2,1H3,(H,18,19). The van der Waals surface area contributed by atoms with Crippen LogP contribution in [0.4, 0.5) is 0 Å². The van der Waals surface area contributed by atoms with Crippen LogP contribution in [0.5, 0.6) is 0 Å². The molecular formula is C15H18N2O3. The van der Waals surface area contributed by atoms with Gasteiger partial charge >= 0.3 is 5.97 Å². The molecule has 5 nitrogen and oxygen atoms in total. The van der Waals surface area contributed by atoms with Crippen molar-refractivity contribution in [2.75, 3.05) is 0 Å². The molecule has 2 rings (SSSR count). The van der Waals surface area contributed by atoms with E-state index in [2.05, 4.69) is 22.3 Å². The van der Waals surface area contributed by atoms with Crippen LogP contribution in [0.1, 0.15) is 30.7 Å². The van der Waals surface area contributed by atoms with Gasteiger partial charge in [-0.25, -0.2) is 0 Å². The van der Waals surface area contributed by atoms with Crippen LogP contribution in [0.3, 0.4) is 0 Å². The van der Waals surface area contributed by atoms with Crippen molar-refractivity contribution in [3.8, 4) is 0 Å². The highest BCUT2D eigenvalue weighted by Gasteiger charge is 2.13. The summed E-state index contributed by atoms with van der Waals surface area (Å²) in [5, 5.41) is 16.7. The molecule has 20 heavy (non-hydrogen) atoms. The maximum Gasteiger partial charge on any atom is 0.303 e. The molecular weight excluding hydrogens is 256 g/mol. The lowest BCUT2D eigenvalue weighted by atomic mass is 10.0. The van der Waals surface area contributed by atoms with E-state index in [4.69, 9.17) is 9.52 Å². The van der Waals surface area contributed by atoms with Crippen LogP contribution in [-0.2, 0) is 24.1 Å². The topological polar surface area (TPSA) is 76.2 Å². The third kappa shape index (κ3) is 4.50. The zero-order chi connectivity index (χ0) is 14.4. The molecule has 0 aliphatic carbocycles. The molecule has 5 heteroatoms. The van der Waals surface area contributed by atoms with Crippen LogP contribution >= 0.6 is 0 Å². The Kier molecular flexibility index (Phi) is 4.87. The molecule has 0 radical (unpaired) electrons. The number of carboxylic acid groups (broad SMARTS) is 1. The van der Waals surface area contributed by atoms with E-state index in [1.54, 1.807) is 0 Å². The first-order valence-electron chi connectivity index (χ1n) is 6.70. The molecule has 1 N–H and O–H groups in total. The number of aromatic nitrogens is 2. The SMILES string of the molecule is CC(CC(=O)O)Cc1nnc(CCc2ccccc2)o1. The van der Waals surface area contributed by atoms with Crippen molar-refractivity contribution >= 4 is 5.97 Å². The van der Waals surface area contributed by atoms with Crippen LogP contribution in [-0.4, -0.2) is 21.3 Å². The molecule has 0 aliphatic heterocycles. The third-order valence-corrected chi connectivity index (χ3v) is 3.03. The number of aliphatic carboxylic acids is 1. The fourth-order valence-corrected chi connectivity index (χ4v) is 2.04. The maximum absolute atomic E-state index is 10.6. The van der Waals surface area contributed by atoms with Gasteiger partial charge in [0.1, 0.15) is 0 Å². The first-order valence-corrected chi connectivity index (χ1v) is 6.70. The van der Waals surface area contributed by atoms with Gasteiger partial charge in [-0.3, -0.25) is 4.79 Å². The molecule has 0 amide bonds. The number of carbonyl (C=O) groups is 1. The molecule has 0 aliphatic rings. The third-order valence-electron chi connectivity index (χ3n) is 3.03. The van der Waals surface area contributed by atoms with E-state index >= 15 is 0 Å². The molecule has 0 saturated heterocycles. The second-order valence-corrected chi connectivity index (χ2v) is 4.98. The second kappa shape index (κ2) is 6.84. The van der Waals surface area contributed by atoms with Crippen LogP contribution < -0.4 is 0 Å². The van der Waals surface area contributed by atoms with Gasteiger partial charge in [0, 0.05) is 19.3 Å². The summed E-state index contributed by atoms with van der Waals surface area (Å²) in [7, 11) is 0. The van der Waals surface area contributed by atoms with Gasteiger partial charge in [0.2, 0.25) is 11.8 Å². The molecule has 1 atom stereocenters. The van der Waals surface area contributed by atoms with E-state index in [0.717, 1.165) is 6.42 Å². The van der Waals surface area contributed by atoms with E-state index in [-0.39, 0.29) is 12.3 Å². The predicted octanol–water partition coefficient (Wildman–Crippen LogP) is 2.51. The van der Waals surface area contributed by atoms with Gasteiger partial charge in [0.15, 0.2) is 0 Å². The van der Waals surface area contributed by atoms with Gasteiger partial charge in [-0.1, -0.05) is 37.3 Å². The second-order valence-electron chi connectivity index (χ2n) is 4.98. The zero-order valence-corrected chi connectivity index (χ0v) is 11.5. The first-order chi connectivity index (χ1) is 9.63. The molecule has 1 heterocycles. The Morgan fingerprint density at radius 1 is 1.20 bits per heavy atom. The number of benzene rings is 1. The molecule has 2 aromatic rings. The summed E-state index contributed by atoms with van der Waals surface area (Å²) in [6.07, 6.45) is 2.17. The summed E-state index contributed by atoms with van der Waals surface area (Å²) in [5.41, 5.74) is 1.23. The van der Waals surface area contributed by atoms with Gasteiger partial charge < -0.3 is 9.52 Å². The Morgan fingerprint density at radius 3 is 2.60 bits per heavy atom. The van der Waals surface area contributed by atoms with Crippen LogP contribution in [0.15, 0.2) is 34.7 Å². The minimum atomic E-state index is -0.804. The molecule has 0 fully saturated rings. The molecule has 0 bridgehead atoms. The maximum atomic E-state index is 10.6. The summed E-state index contributed by atoms with van der Waals surface area (Å²) < 4.78 is 5.54. The first kappa shape index (κ1) is 14.2. The highest BCUT2D eigenvalue weighted by atomic mass is 16.4. The quantitative estimate of drug-likeness (QED) is 0.839. The number of hydrogen-bond donors (Lipinski definition) is 1. The van der Waals surface area contributed by atoms with Crippen molar-refractivity contribution in [2.45, 2.75) is 32.6 Å². The van der Waals surface area contributed by atoms with Crippen LogP contribution in [0.25, 0.3) is 0 Å². The number of carboxylic acids is 1. The summed E-state index contributed by atoms with van der Waals surface area (Å²) >= 11 is 0. The summed E-state index contributed by atoms with van der Waals surface area (Å²) in [5.74, 6) is 0.310. The van der Waals surface area contributed by atoms with Crippen molar-refractivity contribution in [2.24, 2.45) is 5.92 Å². The van der Waals surface area contributed by atoms with Gasteiger partial charge in [0.05, 0.1) is 0 Å². The molecule has 1 unspecified atom stereocenters. The van der Waals surface area contributed by atoms with Crippen molar-refractivity contribution < 1.29 is 14.3 Å². The van der Waals surface area contributed by atoms with E-state index in [1.807, 2.05) is 25.1 Å². The number of rotatable bonds is 7. The van der Waals surface area contributed by atoms with Crippen molar-refractivity contribution in [1.82, 2.24) is 10.2 Å². The van der Waals surface area contributed by atoms with Crippen LogP contribution in [0.2, 0.25) is 0 Å². The Bertz CT molecular complexity index is 551. The Labute approximate surface area is 117 Å². The average Bonchev–Trinajstić information content (AvgIpc) is 2.84. The molecule has 0 spiro atoms. The van der Waals surface area contributed by atoms with E-state index < -0.39 is 5.97 Å². The lowest BCUT2D eigenvalue weighted by Gasteiger charge is -2.03. The zero-order valence-electron chi connectivity index (χ0n) is 11.5. The van der Waals surface area contributed by atoms with Crippen LogP contribution in [0, 0.1) is 5.92 Å². The van der Waals surface area contributed by atoms with Gasteiger partial charge in [-0.2, -0.15) is 0 Å². The lowest BCUT2D eigenvalue weighted by molar-refractivity contribution is -0.137. The van der Waals surface area contributed by atoms with Crippen molar-refractivity contribution in [3.63, 3.8) is 0 Å². The molecule has 0 saturated carbocycles. The summed E-state index contributed by atoms with van der Waals surface area (Å²) in [6, 6.07) is 10.1. The van der Waals surface area contributed by atoms with E-state index in [9.17, 15) is 4.79 Å². The minimum absolute atomic E-state index is 0.00470. The van der Waals surface area contributed by atoms with E-state index in [1.165, 1.54) is 5.56 Å². The Balaban J connectivity index is 1.84. The molecule has 1 aromatic heterocycles. The summed E-state index contributed by atoms with van der Waals surface area (Å²) in [4.78, 5) is 10.6.